The SMILES string of the molecule is CC[C@H](C)[C@H](N)C(=O)N(C)Cc1ccc(C)cc1C. The van der Waals surface area contributed by atoms with Gasteiger partial charge in [-0.05, 0) is 30.9 Å². The number of benzene rings is 1. The molecule has 0 aliphatic carbocycles. The lowest BCUT2D eigenvalue weighted by Gasteiger charge is -2.25. The van der Waals surface area contributed by atoms with Gasteiger partial charge in [0, 0.05) is 13.6 Å². The number of nitrogens with two attached hydrogens (primary N) is 1. The predicted molar refractivity (Wildman–Crippen MR) is 79.8 cm³/mol. The van der Waals surface area contributed by atoms with Gasteiger partial charge in [-0.2, -0.15) is 0 Å². The summed E-state index contributed by atoms with van der Waals surface area (Å²) >= 11 is 0. The van der Waals surface area contributed by atoms with Crippen LogP contribution in [0.3, 0.4) is 0 Å². The third kappa shape index (κ3) is 4.06. The lowest BCUT2D eigenvalue weighted by Crippen LogP contribution is -2.45. The molecule has 0 fully saturated rings. The third-order valence-corrected chi connectivity index (χ3v) is 3.82. The summed E-state index contributed by atoms with van der Waals surface area (Å²) in [5.41, 5.74) is 9.64. The van der Waals surface area contributed by atoms with Crippen LogP contribution in [0, 0.1) is 19.8 Å². The molecule has 0 radical (unpaired) electrons. The van der Waals surface area contributed by atoms with Gasteiger partial charge < -0.3 is 10.6 Å². The average Bonchev–Trinajstić information content (AvgIpc) is 2.39. The molecule has 0 heterocycles. The Hall–Kier alpha value is -1.35. The third-order valence-electron chi connectivity index (χ3n) is 3.82. The van der Waals surface area contributed by atoms with Gasteiger partial charge in [0.25, 0.3) is 0 Å². The van der Waals surface area contributed by atoms with Crippen LogP contribution in [-0.4, -0.2) is 23.9 Å². The van der Waals surface area contributed by atoms with E-state index in [9.17, 15) is 4.79 Å². The van der Waals surface area contributed by atoms with Crippen LogP contribution in [0.4, 0.5) is 0 Å². The van der Waals surface area contributed by atoms with Crippen LogP contribution in [0.1, 0.15) is 37.0 Å². The van der Waals surface area contributed by atoms with Gasteiger partial charge >= 0.3 is 0 Å². The number of nitrogens with zero attached hydrogens (tertiary/aromatic N) is 1. The Morgan fingerprint density at radius 3 is 2.53 bits per heavy atom. The highest BCUT2D eigenvalue weighted by Crippen LogP contribution is 2.14. The van der Waals surface area contributed by atoms with Crippen LogP contribution in [-0.2, 0) is 11.3 Å². The molecule has 0 saturated carbocycles. The summed E-state index contributed by atoms with van der Waals surface area (Å²) in [6.07, 6.45) is 0.921. The van der Waals surface area contributed by atoms with Gasteiger partial charge in [-0.1, -0.05) is 44.0 Å². The molecule has 0 spiro atoms. The zero-order valence-electron chi connectivity index (χ0n) is 12.7. The van der Waals surface area contributed by atoms with E-state index in [0.717, 1.165) is 6.42 Å². The number of carbonyl (C=O) groups excluding carboxylic acids is 1. The van der Waals surface area contributed by atoms with Gasteiger partial charge in [-0.15, -0.1) is 0 Å². The molecule has 0 aromatic heterocycles. The molecule has 106 valence electrons. The first kappa shape index (κ1) is 15.7. The smallest absolute Gasteiger partial charge is 0.239 e. The number of likely N-dealkylation sites (N-methyl/N-ethyl adjacent to an activating group) is 1. The van der Waals surface area contributed by atoms with Crippen molar-refractivity contribution in [2.45, 2.75) is 46.7 Å². The van der Waals surface area contributed by atoms with Crippen molar-refractivity contribution in [3.8, 4) is 0 Å². The van der Waals surface area contributed by atoms with Crippen molar-refractivity contribution in [3.63, 3.8) is 0 Å². The Kier molecular flexibility index (Phi) is 5.55. The van der Waals surface area contributed by atoms with E-state index in [4.69, 9.17) is 5.73 Å². The molecule has 19 heavy (non-hydrogen) atoms. The lowest BCUT2D eigenvalue weighted by molar-refractivity contribution is -0.132. The summed E-state index contributed by atoms with van der Waals surface area (Å²) < 4.78 is 0. The molecule has 3 nitrogen and oxygen atoms in total. The molecule has 0 unspecified atom stereocenters. The van der Waals surface area contributed by atoms with Gasteiger partial charge in [0.05, 0.1) is 6.04 Å². The highest BCUT2D eigenvalue weighted by Gasteiger charge is 2.22. The predicted octanol–water partition coefficient (Wildman–Crippen LogP) is 2.64. The molecule has 0 bridgehead atoms. The summed E-state index contributed by atoms with van der Waals surface area (Å²) in [4.78, 5) is 14.0. The van der Waals surface area contributed by atoms with Crippen LogP contribution in [0.2, 0.25) is 0 Å². The molecule has 2 N–H and O–H groups in total. The fourth-order valence-corrected chi connectivity index (χ4v) is 2.11. The molecule has 1 amide bonds. The van der Waals surface area contributed by atoms with Crippen molar-refractivity contribution in [1.82, 2.24) is 4.90 Å². The normalized spacial score (nSPS) is 14.0. The van der Waals surface area contributed by atoms with Gasteiger partial charge in [-0.25, -0.2) is 0 Å². The second-order valence-corrected chi connectivity index (χ2v) is 5.54. The van der Waals surface area contributed by atoms with Gasteiger partial charge in [0.1, 0.15) is 0 Å². The van der Waals surface area contributed by atoms with Crippen molar-refractivity contribution in [2.75, 3.05) is 7.05 Å². The topological polar surface area (TPSA) is 46.3 Å². The molecule has 2 atom stereocenters. The van der Waals surface area contributed by atoms with Crippen LogP contribution >= 0.6 is 0 Å². The van der Waals surface area contributed by atoms with Crippen LogP contribution in [0.15, 0.2) is 18.2 Å². The van der Waals surface area contributed by atoms with E-state index in [2.05, 4.69) is 39.0 Å². The van der Waals surface area contributed by atoms with Crippen molar-refractivity contribution in [2.24, 2.45) is 11.7 Å². The fourth-order valence-electron chi connectivity index (χ4n) is 2.11. The maximum Gasteiger partial charge on any atom is 0.239 e. The highest BCUT2D eigenvalue weighted by molar-refractivity contribution is 5.81. The molecule has 3 heteroatoms. The van der Waals surface area contributed by atoms with Crippen molar-refractivity contribution in [3.05, 3.63) is 34.9 Å². The Labute approximate surface area is 116 Å². The monoisotopic (exact) mass is 262 g/mol. The summed E-state index contributed by atoms with van der Waals surface area (Å²) in [7, 11) is 1.82. The second kappa shape index (κ2) is 6.71. The van der Waals surface area contributed by atoms with E-state index in [0.29, 0.717) is 6.54 Å². The highest BCUT2D eigenvalue weighted by atomic mass is 16.2. The molecular formula is C16H26N2O. The minimum atomic E-state index is -0.402. The summed E-state index contributed by atoms with van der Waals surface area (Å²) in [6, 6.07) is 5.90. The van der Waals surface area contributed by atoms with Crippen molar-refractivity contribution < 1.29 is 4.79 Å². The number of hydrogen-bond donors (Lipinski definition) is 1. The zero-order valence-corrected chi connectivity index (χ0v) is 12.7. The van der Waals surface area contributed by atoms with E-state index in [1.807, 2.05) is 14.0 Å². The van der Waals surface area contributed by atoms with Crippen LogP contribution in [0.5, 0.6) is 0 Å². The maximum absolute atomic E-state index is 12.2. The number of amides is 1. The number of hydrogen-bond acceptors (Lipinski definition) is 2. The Bertz CT molecular complexity index is 442. The quantitative estimate of drug-likeness (QED) is 0.886. The number of aryl methyl sites for hydroxylation is 2. The molecular weight excluding hydrogens is 236 g/mol. The first-order valence-corrected chi connectivity index (χ1v) is 6.93. The average molecular weight is 262 g/mol. The van der Waals surface area contributed by atoms with Gasteiger partial charge in [-0.3, -0.25) is 4.79 Å². The molecule has 1 aromatic rings. The molecule has 1 rings (SSSR count). The minimum absolute atomic E-state index is 0.0225. The second-order valence-electron chi connectivity index (χ2n) is 5.54. The minimum Gasteiger partial charge on any atom is -0.340 e. The summed E-state index contributed by atoms with van der Waals surface area (Å²) in [6.45, 7) is 8.85. The van der Waals surface area contributed by atoms with E-state index >= 15 is 0 Å². The van der Waals surface area contributed by atoms with Crippen molar-refractivity contribution in [1.29, 1.82) is 0 Å². The standard InChI is InChI=1S/C16H26N2O/c1-6-12(3)15(17)16(19)18(5)10-14-8-7-11(2)9-13(14)4/h7-9,12,15H,6,10,17H2,1-5H3/t12-,15-/m0/s1. The number of rotatable bonds is 5. The summed E-state index contributed by atoms with van der Waals surface area (Å²) in [5, 5.41) is 0. The van der Waals surface area contributed by atoms with E-state index in [1.54, 1.807) is 4.90 Å². The van der Waals surface area contributed by atoms with E-state index in [-0.39, 0.29) is 11.8 Å². The lowest BCUT2D eigenvalue weighted by atomic mass is 9.98. The van der Waals surface area contributed by atoms with E-state index < -0.39 is 6.04 Å². The Balaban J connectivity index is 2.73. The molecule has 0 saturated heterocycles. The summed E-state index contributed by atoms with van der Waals surface area (Å²) in [5.74, 6) is 0.239. The first-order valence-electron chi connectivity index (χ1n) is 6.93. The van der Waals surface area contributed by atoms with Gasteiger partial charge in [0.2, 0.25) is 5.91 Å². The van der Waals surface area contributed by atoms with Crippen molar-refractivity contribution >= 4 is 5.91 Å². The number of carbonyl (C=O) groups is 1. The van der Waals surface area contributed by atoms with Crippen LogP contribution < -0.4 is 5.73 Å². The fraction of sp³-hybridized carbons (Fsp3) is 0.562. The Morgan fingerprint density at radius 1 is 1.37 bits per heavy atom. The first-order chi connectivity index (χ1) is 8.86. The molecule has 0 aliphatic heterocycles. The molecule has 1 aromatic carbocycles. The largest absolute Gasteiger partial charge is 0.340 e. The maximum atomic E-state index is 12.2. The molecule has 0 aliphatic rings. The zero-order chi connectivity index (χ0) is 14.6. The van der Waals surface area contributed by atoms with Gasteiger partial charge in [0.15, 0.2) is 0 Å². The van der Waals surface area contributed by atoms with Crippen LogP contribution in [0.25, 0.3) is 0 Å². The van der Waals surface area contributed by atoms with E-state index in [1.165, 1.54) is 16.7 Å². The Morgan fingerprint density at radius 2 is 2.00 bits per heavy atom.